The number of Topliss-reactive ketones (excluding diaryl/α,β-unsaturated/α-hetero) is 1. The van der Waals surface area contributed by atoms with E-state index in [9.17, 15) is 4.79 Å². The Balaban J connectivity index is 2.03. The molecule has 0 bridgehead atoms. The molecule has 3 nitrogen and oxygen atoms in total. The van der Waals surface area contributed by atoms with Crippen molar-refractivity contribution in [1.82, 2.24) is 4.90 Å². The van der Waals surface area contributed by atoms with Crippen molar-refractivity contribution in [2.45, 2.75) is 32.5 Å². The van der Waals surface area contributed by atoms with Crippen LogP contribution in [0.5, 0.6) is 0 Å². The van der Waals surface area contributed by atoms with Gasteiger partial charge in [0.15, 0.2) is 5.78 Å². The molecule has 1 aliphatic heterocycles. The van der Waals surface area contributed by atoms with Crippen molar-refractivity contribution in [3.8, 4) is 0 Å². The van der Waals surface area contributed by atoms with E-state index in [4.69, 9.17) is 16.3 Å². The molecule has 1 atom stereocenters. The average Bonchev–Trinajstić information content (AvgIpc) is 2.25. The molecule has 1 fully saturated rings. The number of nitrogens with zero attached hydrogens (tertiary/aromatic N) is 1. The molecule has 1 unspecified atom stereocenters. The maximum atomic E-state index is 12.2. The Labute approximate surface area is 119 Å². The van der Waals surface area contributed by atoms with E-state index in [1.165, 1.54) is 0 Å². The number of morpholine rings is 1. The SMILES string of the molecule is CC1CN(CC(=O)c2cccc(Cl)c2)CC(C)(C)O1. The maximum absolute atomic E-state index is 12.2. The Kier molecular flexibility index (Phi) is 4.29. The van der Waals surface area contributed by atoms with Crippen molar-refractivity contribution in [2.75, 3.05) is 19.6 Å². The lowest BCUT2D eigenvalue weighted by Crippen LogP contribution is -2.53. The van der Waals surface area contributed by atoms with Gasteiger partial charge in [-0.25, -0.2) is 0 Å². The summed E-state index contributed by atoms with van der Waals surface area (Å²) in [5.74, 6) is 0.104. The van der Waals surface area contributed by atoms with Gasteiger partial charge in [0.2, 0.25) is 0 Å². The lowest BCUT2D eigenvalue weighted by atomic mass is 10.0. The molecule has 0 aromatic heterocycles. The van der Waals surface area contributed by atoms with Crippen LogP contribution in [-0.4, -0.2) is 42.0 Å². The summed E-state index contributed by atoms with van der Waals surface area (Å²) in [6.07, 6.45) is 0.149. The Morgan fingerprint density at radius 3 is 2.89 bits per heavy atom. The standard InChI is InChI=1S/C15H20ClNO2/c1-11-8-17(10-15(2,3)19-11)9-14(18)12-5-4-6-13(16)7-12/h4-7,11H,8-10H2,1-3H3. The van der Waals surface area contributed by atoms with Gasteiger partial charge < -0.3 is 4.74 Å². The Morgan fingerprint density at radius 1 is 1.53 bits per heavy atom. The van der Waals surface area contributed by atoms with Crippen LogP contribution in [-0.2, 0) is 4.74 Å². The van der Waals surface area contributed by atoms with E-state index in [1.54, 1.807) is 18.2 Å². The first kappa shape index (κ1) is 14.5. The quantitative estimate of drug-likeness (QED) is 0.798. The number of ether oxygens (including phenoxy) is 1. The predicted molar refractivity (Wildman–Crippen MR) is 76.8 cm³/mol. The zero-order valence-electron chi connectivity index (χ0n) is 11.6. The minimum Gasteiger partial charge on any atom is -0.370 e. The first-order valence-corrected chi connectivity index (χ1v) is 6.92. The van der Waals surface area contributed by atoms with Crippen molar-refractivity contribution in [3.05, 3.63) is 34.9 Å². The predicted octanol–water partition coefficient (Wildman–Crippen LogP) is 3.02. The van der Waals surface area contributed by atoms with Gasteiger partial charge in [0.05, 0.1) is 18.2 Å². The normalized spacial score (nSPS) is 23.3. The van der Waals surface area contributed by atoms with Gasteiger partial charge in [0, 0.05) is 23.7 Å². The summed E-state index contributed by atoms with van der Waals surface area (Å²) < 4.78 is 5.84. The third kappa shape index (κ3) is 4.03. The largest absolute Gasteiger partial charge is 0.370 e. The van der Waals surface area contributed by atoms with Crippen LogP contribution in [0, 0.1) is 0 Å². The van der Waals surface area contributed by atoms with Gasteiger partial charge in [-0.15, -0.1) is 0 Å². The van der Waals surface area contributed by atoms with Crippen LogP contribution in [0.3, 0.4) is 0 Å². The van der Waals surface area contributed by atoms with Crippen LogP contribution in [0.15, 0.2) is 24.3 Å². The molecule has 1 aliphatic rings. The molecule has 0 aliphatic carbocycles. The summed E-state index contributed by atoms with van der Waals surface area (Å²) >= 11 is 5.91. The first-order chi connectivity index (χ1) is 8.85. The van der Waals surface area contributed by atoms with Crippen LogP contribution in [0.2, 0.25) is 5.02 Å². The van der Waals surface area contributed by atoms with E-state index in [-0.39, 0.29) is 17.5 Å². The fraction of sp³-hybridized carbons (Fsp3) is 0.533. The van der Waals surface area contributed by atoms with E-state index in [2.05, 4.69) is 18.7 Å². The average molecular weight is 282 g/mol. The topological polar surface area (TPSA) is 29.5 Å². The molecule has 1 aromatic rings. The minimum absolute atomic E-state index is 0.104. The zero-order chi connectivity index (χ0) is 14.0. The second kappa shape index (κ2) is 5.61. The Bertz CT molecular complexity index is 473. The minimum atomic E-state index is -0.202. The molecular formula is C15H20ClNO2. The molecule has 1 saturated heterocycles. The molecule has 19 heavy (non-hydrogen) atoms. The first-order valence-electron chi connectivity index (χ1n) is 6.55. The highest BCUT2D eigenvalue weighted by atomic mass is 35.5. The second-order valence-corrected chi connectivity index (χ2v) is 6.23. The summed E-state index contributed by atoms with van der Waals surface area (Å²) in [4.78, 5) is 14.4. The van der Waals surface area contributed by atoms with Crippen LogP contribution in [0.4, 0.5) is 0 Å². The summed E-state index contributed by atoms with van der Waals surface area (Å²) in [6.45, 7) is 8.12. The van der Waals surface area contributed by atoms with Crippen molar-refractivity contribution < 1.29 is 9.53 Å². The molecule has 0 N–H and O–H groups in total. The van der Waals surface area contributed by atoms with Gasteiger partial charge in [0.25, 0.3) is 0 Å². The van der Waals surface area contributed by atoms with Crippen molar-refractivity contribution in [1.29, 1.82) is 0 Å². The van der Waals surface area contributed by atoms with E-state index in [0.717, 1.165) is 13.1 Å². The summed E-state index contributed by atoms with van der Waals surface area (Å²) in [5, 5.41) is 0.599. The molecule has 1 heterocycles. The van der Waals surface area contributed by atoms with Gasteiger partial charge in [-0.1, -0.05) is 23.7 Å². The Morgan fingerprint density at radius 2 is 2.26 bits per heavy atom. The number of ketones is 1. The number of hydrogen-bond donors (Lipinski definition) is 0. The maximum Gasteiger partial charge on any atom is 0.176 e. The van der Waals surface area contributed by atoms with Crippen molar-refractivity contribution >= 4 is 17.4 Å². The third-order valence-corrected chi connectivity index (χ3v) is 3.39. The zero-order valence-corrected chi connectivity index (χ0v) is 12.4. The highest BCUT2D eigenvalue weighted by molar-refractivity contribution is 6.31. The molecule has 0 amide bonds. The van der Waals surface area contributed by atoms with Gasteiger partial charge in [-0.3, -0.25) is 9.69 Å². The number of benzene rings is 1. The van der Waals surface area contributed by atoms with Crippen LogP contribution >= 0.6 is 11.6 Å². The van der Waals surface area contributed by atoms with Gasteiger partial charge in [-0.05, 0) is 32.9 Å². The summed E-state index contributed by atoms with van der Waals surface area (Å²) in [5.41, 5.74) is 0.469. The number of rotatable bonds is 3. The number of carbonyl (C=O) groups excluding carboxylic acids is 1. The molecule has 1 aromatic carbocycles. The molecular weight excluding hydrogens is 262 g/mol. The van der Waals surface area contributed by atoms with Crippen LogP contribution in [0.25, 0.3) is 0 Å². The fourth-order valence-corrected chi connectivity index (χ4v) is 2.85. The highest BCUT2D eigenvalue weighted by Crippen LogP contribution is 2.21. The molecule has 104 valence electrons. The van der Waals surface area contributed by atoms with Crippen LogP contribution < -0.4 is 0 Å². The molecule has 0 spiro atoms. The van der Waals surface area contributed by atoms with Gasteiger partial charge >= 0.3 is 0 Å². The number of carbonyl (C=O) groups is 1. The monoisotopic (exact) mass is 281 g/mol. The van der Waals surface area contributed by atoms with E-state index in [1.807, 2.05) is 13.0 Å². The van der Waals surface area contributed by atoms with Gasteiger partial charge in [0.1, 0.15) is 0 Å². The van der Waals surface area contributed by atoms with E-state index in [0.29, 0.717) is 17.1 Å². The highest BCUT2D eigenvalue weighted by Gasteiger charge is 2.32. The third-order valence-electron chi connectivity index (χ3n) is 3.15. The van der Waals surface area contributed by atoms with E-state index < -0.39 is 0 Å². The van der Waals surface area contributed by atoms with Crippen LogP contribution in [0.1, 0.15) is 31.1 Å². The molecule has 0 saturated carbocycles. The summed E-state index contributed by atoms with van der Waals surface area (Å²) in [6, 6.07) is 7.11. The summed E-state index contributed by atoms with van der Waals surface area (Å²) in [7, 11) is 0. The van der Waals surface area contributed by atoms with E-state index >= 15 is 0 Å². The fourth-order valence-electron chi connectivity index (χ4n) is 2.66. The molecule has 0 radical (unpaired) electrons. The van der Waals surface area contributed by atoms with Gasteiger partial charge in [-0.2, -0.15) is 0 Å². The Hall–Kier alpha value is -0.900. The number of hydrogen-bond acceptors (Lipinski definition) is 3. The van der Waals surface area contributed by atoms with Crippen molar-refractivity contribution in [3.63, 3.8) is 0 Å². The van der Waals surface area contributed by atoms with Crippen molar-refractivity contribution in [2.24, 2.45) is 0 Å². The lowest BCUT2D eigenvalue weighted by Gasteiger charge is -2.41. The lowest BCUT2D eigenvalue weighted by molar-refractivity contribution is -0.126. The smallest absolute Gasteiger partial charge is 0.176 e. The second-order valence-electron chi connectivity index (χ2n) is 5.79. The molecule has 4 heteroatoms. The number of halogens is 1. The molecule has 2 rings (SSSR count).